The smallest absolute Gasteiger partial charge is 0.392 e. The van der Waals surface area contributed by atoms with Gasteiger partial charge in [0, 0.05) is 10.9 Å². The fraction of sp³-hybridized carbons (Fsp3) is 0.111. The topological polar surface area (TPSA) is 120 Å². The Hall–Kier alpha value is -4.50. The summed E-state index contributed by atoms with van der Waals surface area (Å²) in [5.41, 5.74) is 3.81. The van der Waals surface area contributed by atoms with Crippen molar-refractivity contribution in [2.75, 3.05) is 0 Å². The van der Waals surface area contributed by atoms with Crippen LogP contribution < -0.4 is 4.74 Å². The summed E-state index contributed by atoms with van der Waals surface area (Å²) in [6.45, 7) is 2.14. The van der Waals surface area contributed by atoms with Gasteiger partial charge in [0.05, 0.1) is 11.2 Å². The van der Waals surface area contributed by atoms with Crippen LogP contribution in [0.15, 0.2) is 77.2 Å². The van der Waals surface area contributed by atoms with E-state index in [1.54, 1.807) is 30.3 Å². The van der Waals surface area contributed by atoms with E-state index < -0.39 is 22.2 Å². The minimum Gasteiger partial charge on any atom is -0.487 e. The molecule has 5 aromatic rings. The number of hydrogen-bond acceptors (Lipinski definition) is 7. The minimum atomic E-state index is -2.58. The first-order valence-corrected chi connectivity index (χ1v) is 12.2. The molecule has 0 radical (unpaired) electrons. The number of nitrogens with zero attached hydrogens (tertiary/aromatic N) is 2. The van der Waals surface area contributed by atoms with Gasteiger partial charge in [-0.3, -0.25) is 0 Å². The maximum atomic E-state index is 12.2. The summed E-state index contributed by atoms with van der Waals surface area (Å²) >= 11 is 0. The number of rotatable bonds is 7. The Labute approximate surface area is 207 Å². The first-order valence-electron chi connectivity index (χ1n) is 11.1. The number of ether oxygens (including phenoxy) is 1. The molecule has 1 N–H and O–H groups in total. The highest BCUT2D eigenvalue weighted by molar-refractivity contribution is 7.74. The molecule has 0 aliphatic rings. The molecule has 0 bridgehead atoms. The normalized spacial score (nSPS) is 11.0. The molecule has 5 rings (SSSR count). The molecular weight excluding hydrogens is 480 g/mol. The third kappa shape index (κ3) is 4.56. The Bertz CT molecular complexity index is 1750. The fourth-order valence-electron chi connectivity index (χ4n) is 4.00. The standard InChI is InChI=1S/C27H20N2O6S/c1-2-16-13-19(14-23-24(16)29-26(35-23)27(30)31)25(36(32)33)18-8-11-21(12-9-18)34-15-20-10-7-17-5-3-4-6-22(17)28-20/h3-14H,2,15H2,1H3,(H,30,31). The number of carbonyl (C=O) groups is 1. The van der Waals surface area contributed by atoms with Crippen LogP contribution in [0.4, 0.5) is 0 Å². The molecule has 36 heavy (non-hydrogen) atoms. The van der Waals surface area contributed by atoms with E-state index in [4.69, 9.17) is 9.15 Å². The van der Waals surface area contributed by atoms with Crippen molar-refractivity contribution >= 4 is 43.1 Å². The van der Waals surface area contributed by atoms with Crippen LogP contribution in [0.3, 0.4) is 0 Å². The molecule has 0 amide bonds. The van der Waals surface area contributed by atoms with Gasteiger partial charge in [-0.1, -0.05) is 31.2 Å². The lowest BCUT2D eigenvalue weighted by molar-refractivity contribution is 0.0656. The molecular formula is C27H20N2O6S. The van der Waals surface area contributed by atoms with Crippen LogP contribution >= 0.6 is 0 Å². The number of aryl methyl sites for hydroxylation is 1. The molecule has 0 unspecified atom stereocenters. The molecule has 0 fully saturated rings. The molecule has 3 aromatic carbocycles. The number of pyridine rings is 1. The molecule has 0 atom stereocenters. The molecule has 2 aromatic heterocycles. The largest absolute Gasteiger partial charge is 0.487 e. The first kappa shape index (κ1) is 23.3. The predicted molar refractivity (Wildman–Crippen MR) is 135 cm³/mol. The second-order valence-electron chi connectivity index (χ2n) is 8.03. The molecule has 0 aliphatic heterocycles. The van der Waals surface area contributed by atoms with Crippen molar-refractivity contribution in [1.82, 2.24) is 9.97 Å². The van der Waals surface area contributed by atoms with E-state index in [0.29, 0.717) is 34.4 Å². The van der Waals surface area contributed by atoms with E-state index in [1.807, 2.05) is 43.3 Å². The number of aromatic nitrogens is 2. The number of carboxylic acid groups (broad SMARTS) is 1. The monoisotopic (exact) mass is 500 g/mol. The van der Waals surface area contributed by atoms with Gasteiger partial charge in [-0.15, -0.1) is 0 Å². The van der Waals surface area contributed by atoms with Gasteiger partial charge < -0.3 is 14.3 Å². The van der Waals surface area contributed by atoms with Crippen LogP contribution in [-0.4, -0.2) is 34.3 Å². The Morgan fingerprint density at radius 3 is 2.47 bits per heavy atom. The summed E-state index contributed by atoms with van der Waals surface area (Å²) in [7, 11) is -2.58. The average Bonchev–Trinajstić information content (AvgIpc) is 3.32. The Morgan fingerprint density at radius 1 is 0.972 bits per heavy atom. The lowest BCUT2D eigenvalue weighted by Crippen LogP contribution is -2.06. The van der Waals surface area contributed by atoms with Gasteiger partial charge in [-0.25, -0.2) is 14.8 Å². The summed E-state index contributed by atoms with van der Waals surface area (Å²) in [4.78, 5) is 19.9. The molecule has 2 heterocycles. The van der Waals surface area contributed by atoms with Gasteiger partial charge in [0.25, 0.3) is 0 Å². The summed E-state index contributed by atoms with van der Waals surface area (Å²) in [5, 5.41) is 10.3. The maximum absolute atomic E-state index is 12.2. The van der Waals surface area contributed by atoms with Crippen LogP contribution in [-0.2, 0) is 23.3 Å². The molecule has 8 nitrogen and oxygen atoms in total. The van der Waals surface area contributed by atoms with Crippen LogP contribution in [0.1, 0.15) is 40.0 Å². The number of carboxylic acids is 1. The zero-order valence-electron chi connectivity index (χ0n) is 19.1. The minimum absolute atomic E-state index is 0.0580. The highest BCUT2D eigenvalue weighted by atomic mass is 32.2. The van der Waals surface area contributed by atoms with Crippen LogP contribution in [0.25, 0.3) is 22.0 Å². The number of aromatic carboxylic acids is 1. The fourth-order valence-corrected chi connectivity index (χ4v) is 4.64. The molecule has 0 saturated carbocycles. The van der Waals surface area contributed by atoms with E-state index >= 15 is 0 Å². The van der Waals surface area contributed by atoms with Crippen molar-refractivity contribution in [3.8, 4) is 5.75 Å². The van der Waals surface area contributed by atoms with E-state index in [-0.39, 0.29) is 17.1 Å². The second kappa shape index (κ2) is 9.63. The van der Waals surface area contributed by atoms with E-state index in [1.165, 1.54) is 6.07 Å². The van der Waals surface area contributed by atoms with E-state index in [0.717, 1.165) is 16.6 Å². The van der Waals surface area contributed by atoms with Crippen molar-refractivity contribution in [2.24, 2.45) is 0 Å². The van der Waals surface area contributed by atoms with Crippen LogP contribution in [0.2, 0.25) is 0 Å². The molecule has 0 aliphatic carbocycles. The summed E-state index contributed by atoms with van der Waals surface area (Å²) in [6.07, 6.45) is 0.518. The van der Waals surface area contributed by atoms with Crippen molar-refractivity contribution in [2.45, 2.75) is 20.0 Å². The number of benzene rings is 3. The average molecular weight is 501 g/mol. The zero-order chi connectivity index (χ0) is 25.2. The van der Waals surface area contributed by atoms with Crippen molar-refractivity contribution in [1.29, 1.82) is 0 Å². The summed E-state index contributed by atoms with van der Waals surface area (Å²) in [5.74, 6) is -1.17. The number of hydrogen-bond donors (Lipinski definition) is 1. The van der Waals surface area contributed by atoms with Crippen molar-refractivity contribution < 1.29 is 27.5 Å². The first-order chi connectivity index (χ1) is 17.4. The predicted octanol–water partition coefficient (Wildman–Crippen LogP) is 4.66. The molecule has 0 saturated heterocycles. The van der Waals surface area contributed by atoms with Crippen molar-refractivity contribution in [3.63, 3.8) is 0 Å². The highest BCUT2D eigenvalue weighted by Gasteiger charge is 2.19. The third-order valence-corrected chi connectivity index (χ3v) is 6.53. The van der Waals surface area contributed by atoms with Gasteiger partial charge in [-0.2, -0.15) is 8.42 Å². The third-order valence-electron chi connectivity index (χ3n) is 5.73. The maximum Gasteiger partial charge on any atom is 0.392 e. The number of fused-ring (bicyclic) bond motifs is 2. The van der Waals surface area contributed by atoms with Gasteiger partial charge in [0.1, 0.15) is 22.7 Å². The lowest BCUT2D eigenvalue weighted by Gasteiger charge is -2.09. The Morgan fingerprint density at radius 2 is 1.75 bits per heavy atom. The molecule has 0 spiro atoms. The zero-order valence-corrected chi connectivity index (χ0v) is 20.0. The number of para-hydroxylation sites is 1. The quantitative estimate of drug-likeness (QED) is 0.253. The van der Waals surface area contributed by atoms with Gasteiger partial charge in [0.15, 0.2) is 5.58 Å². The van der Waals surface area contributed by atoms with Gasteiger partial charge >= 0.3 is 11.9 Å². The summed E-state index contributed by atoms with van der Waals surface area (Å²) in [6, 6.07) is 21.6. The van der Waals surface area contributed by atoms with Gasteiger partial charge in [-0.05, 0) is 66.1 Å². The Kier molecular flexibility index (Phi) is 6.22. The van der Waals surface area contributed by atoms with E-state index in [2.05, 4.69) is 9.97 Å². The second-order valence-corrected chi connectivity index (χ2v) is 8.91. The molecule has 9 heteroatoms. The Balaban J connectivity index is 1.42. The van der Waals surface area contributed by atoms with Crippen LogP contribution in [0.5, 0.6) is 5.75 Å². The van der Waals surface area contributed by atoms with Crippen LogP contribution in [0, 0.1) is 0 Å². The number of oxazole rings is 1. The molecule has 180 valence electrons. The highest BCUT2D eigenvalue weighted by Crippen LogP contribution is 2.25. The SMILES string of the molecule is CCc1cc(C(c2ccc(OCc3ccc4ccccc4n3)cc2)=S(=O)=O)cc2oc(C(=O)O)nc12. The van der Waals surface area contributed by atoms with Gasteiger partial charge in [0.2, 0.25) is 10.3 Å². The van der Waals surface area contributed by atoms with E-state index in [9.17, 15) is 18.3 Å². The lowest BCUT2D eigenvalue weighted by atomic mass is 10.0. The van der Waals surface area contributed by atoms with Crippen molar-refractivity contribution in [3.05, 3.63) is 101 Å². The summed E-state index contributed by atoms with van der Waals surface area (Å²) < 4.78 is 35.7.